The molecule has 0 heterocycles. The third kappa shape index (κ3) is 7.27. The number of hydrogen-bond donors (Lipinski definition) is 0. The zero-order chi connectivity index (χ0) is 12.5. The van der Waals surface area contributed by atoms with Crippen LogP contribution >= 0.6 is 11.8 Å². The van der Waals surface area contributed by atoms with Crippen molar-refractivity contribution in [1.29, 1.82) is 0 Å². The molecule has 1 aromatic carbocycles. The summed E-state index contributed by atoms with van der Waals surface area (Å²) in [4.78, 5) is 1.39. The topological polar surface area (TPSA) is 0 Å². The van der Waals surface area contributed by atoms with Gasteiger partial charge in [-0.1, -0.05) is 36.8 Å². The first-order valence-electron chi connectivity index (χ1n) is 6.49. The van der Waals surface area contributed by atoms with Gasteiger partial charge in [0.2, 0.25) is 0 Å². The molecular formula is C16H24S. The van der Waals surface area contributed by atoms with Gasteiger partial charge in [0.15, 0.2) is 0 Å². The van der Waals surface area contributed by atoms with Crippen LogP contribution in [0.3, 0.4) is 0 Å². The standard InChI is InChI=1S/C16H24S/c1-14(2)8-7-9-15(3)12-13-17-16-10-5-4-6-11-16/h4-6,8,10-11,15H,7,9,12-13H2,1-3H3. The van der Waals surface area contributed by atoms with E-state index >= 15 is 0 Å². The number of allylic oxidation sites excluding steroid dienone is 2. The van der Waals surface area contributed by atoms with E-state index in [0.717, 1.165) is 5.92 Å². The van der Waals surface area contributed by atoms with Crippen LogP contribution in [-0.2, 0) is 0 Å². The highest BCUT2D eigenvalue weighted by molar-refractivity contribution is 7.99. The molecule has 0 saturated heterocycles. The summed E-state index contributed by atoms with van der Waals surface area (Å²) in [5, 5.41) is 0. The summed E-state index contributed by atoms with van der Waals surface area (Å²) >= 11 is 1.97. The molecule has 0 amide bonds. The summed E-state index contributed by atoms with van der Waals surface area (Å²) in [7, 11) is 0. The van der Waals surface area contributed by atoms with Crippen molar-refractivity contribution in [3.8, 4) is 0 Å². The number of thioether (sulfide) groups is 1. The third-order valence-corrected chi connectivity index (χ3v) is 3.88. The lowest BCUT2D eigenvalue weighted by atomic mass is 10.0. The number of hydrogen-bond acceptors (Lipinski definition) is 1. The number of benzene rings is 1. The molecule has 0 bridgehead atoms. The van der Waals surface area contributed by atoms with E-state index in [1.807, 2.05) is 11.8 Å². The van der Waals surface area contributed by atoms with Crippen molar-refractivity contribution in [1.82, 2.24) is 0 Å². The van der Waals surface area contributed by atoms with E-state index < -0.39 is 0 Å². The molecule has 0 aromatic heterocycles. The Bertz CT molecular complexity index is 323. The molecule has 0 fully saturated rings. The van der Waals surface area contributed by atoms with Crippen molar-refractivity contribution in [2.75, 3.05) is 5.75 Å². The Kier molecular flexibility index (Phi) is 7.11. The fourth-order valence-electron chi connectivity index (χ4n) is 1.70. The maximum atomic E-state index is 2.37. The summed E-state index contributed by atoms with van der Waals surface area (Å²) in [6.45, 7) is 6.72. The first-order chi connectivity index (χ1) is 8.18. The van der Waals surface area contributed by atoms with E-state index in [-0.39, 0.29) is 0 Å². The van der Waals surface area contributed by atoms with Crippen molar-refractivity contribution >= 4 is 11.8 Å². The van der Waals surface area contributed by atoms with Crippen LogP contribution in [0.5, 0.6) is 0 Å². The van der Waals surface area contributed by atoms with Crippen molar-refractivity contribution in [3.05, 3.63) is 42.0 Å². The van der Waals surface area contributed by atoms with Gasteiger partial charge in [-0.2, -0.15) is 0 Å². The third-order valence-electron chi connectivity index (χ3n) is 2.83. The molecule has 1 atom stereocenters. The van der Waals surface area contributed by atoms with Crippen LogP contribution in [0.15, 0.2) is 46.9 Å². The van der Waals surface area contributed by atoms with Crippen LogP contribution in [-0.4, -0.2) is 5.75 Å². The molecule has 1 rings (SSSR count). The van der Waals surface area contributed by atoms with Crippen LogP contribution in [0, 0.1) is 5.92 Å². The Morgan fingerprint density at radius 2 is 1.88 bits per heavy atom. The van der Waals surface area contributed by atoms with E-state index in [2.05, 4.69) is 57.2 Å². The summed E-state index contributed by atoms with van der Waals surface area (Å²) in [5.41, 5.74) is 1.44. The lowest BCUT2D eigenvalue weighted by molar-refractivity contribution is 0.525. The summed E-state index contributed by atoms with van der Waals surface area (Å²) in [5.74, 6) is 2.07. The van der Waals surface area contributed by atoms with Gasteiger partial charge in [0, 0.05) is 4.90 Å². The lowest BCUT2D eigenvalue weighted by Crippen LogP contribution is -1.95. The minimum Gasteiger partial charge on any atom is -0.126 e. The van der Waals surface area contributed by atoms with Gasteiger partial charge in [-0.25, -0.2) is 0 Å². The van der Waals surface area contributed by atoms with Crippen molar-refractivity contribution in [2.24, 2.45) is 5.92 Å². The minimum absolute atomic E-state index is 0.835. The van der Waals surface area contributed by atoms with Crippen LogP contribution in [0.4, 0.5) is 0 Å². The molecule has 0 saturated carbocycles. The maximum Gasteiger partial charge on any atom is 0.00719 e. The summed E-state index contributed by atoms with van der Waals surface area (Å²) in [6, 6.07) is 10.7. The second-order valence-corrected chi connectivity index (χ2v) is 6.08. The van der Waals surface area contributed by atoms with Crippen molar-refractivity contribution in [3.63, 3.8) is 0 Å². The maximum absolute atomic E-state index is 2.37. The Morgan fingerprint density at radius 3 is 2.53 bits per heavy atom. The fourth-order valence-corrected chi connectivity index (χ4v) is 2.80. The molecule has 0 N–H and O–H groups in total. The van der Waals surface area contributed by atoms with Gasteiger partial charge in [-0.3, -0.25) is 0 Å². The quantitative estimate of drug-likeness (QED) is 0.450. The van der Waals surface area contributed by atoms with Gasteiger partial charge in [-0.15, -0.1) is 11.8 Å². The van der Waals surface area contributed by atoms with Gasteiger partial charge in [0.25, 0.3) is 0 Å². The Labute approximate surface area is 111 Å². The van der Waals surface area contributed by atoms with Crippen LogP contribution in [0.25, 0.3) is 0 Å². The predicted molar refractivity (Wildman–Crippen MR) is 79.6 cm³/mol. The van der Waals surface area contributed by atoms with E-state index in [1.54, 1.807) is 0 Å². The highest BCUT2D eigenvalue weighted by Gasteiger charge is 2.01. The van der Waals surface area contributed by atoms with Gasteiger partial charge in [0.1, 0.15) is 0 Å². The molecule has 0 aliphatic rings. The Hall–Kier alpha value is -0.690. The highest BCUT2D eigenvalue weighted by atomic mass is 32.2. The fraction of sp³-hybridized carbons (Fsp3) is 0.500. The monoisotopic (exact) mass is 248 g/mol. The number of rotatable bonds is 7. The summed E-state index contributed by atoms with van der Waals surface area (Å²) < 4.78 is 0. The second kappa shape index (κ2) is 8.41. The molecule has 0 aliphatic carbocycles. The smallest absolute Gasteiger partial charge is 0.00719 e. The van der Waals surface area contributed by atoms with Crippen LogP contribution < -0.4 is 0 Å². The molecular weight excluding hydrogens is 224 g/mol. The summed E-state index contributed by atoms with van der Waals surface area (Å²) in [6.07, 6.45) is 6.22. The zero-order valence-electron chi connectivity index (χ0n) is 11.3. The molecule has 0 aliphatic heterocycles. The van der Waals surface area contributed by atoms with Crippen LogP contribution in [0.1, 0.15) is 40.0 Å². The molecule has 1 heteroatoms. The second-order valence-electron chi connectivity index (χ2n) is 4.91. The Morgan fingerprint density at radius 1 is 1.18 bits per heavy atom. The molecule has 0 nitrogen and oxygen atoms in total. The molecule has 1 aromatic rings. The first-order valence-corrected chi connectivity index (χ1v) is 7.48. The molecule has 0 radical (unpaired) electrons. The normalized spacial score (nSPS) is 12.2. The molecule has 1 unspecified atom stereocenters. The van der Waals surface area contributed by atoms with E-state index in [1.165, 1.54) is 35.5 Å². The first kappa shape index (κ1) is 14.4. The molecule has 17 heavy (non-hydrogen) atoms. The Balaban J connectivity index is 2.12. The highest BCUT2D eigenvalue weighted by Crippen LogP contribution is 2.21. The lowest BCUT2D eigenvalue weighted by Gasteiger charge is -2.09. The average Bonchev–Trinajstić information content (AvgIpc) is 2.30. The van der Waals surface area contributed by atoms with Gasteiger partial charge in [0.05, 0.1) is 0 Å². The zero-order valence-corrected chi connectivity index (χ0v) is 12.1. The van der Waals surface area contributed by atoms with Crippen molar-refractivity contribution < 1.29 is 0 Å². The largest absolute Gasteiger partial charge is 0.126 e. The predicted octanol–water partition coefficient (Wildman–Crippen LogP) is 5.55. The molecule has 0 spiro atoms. The van der Waals surface area contributed by atoms with E-state index in [0.29, 0.717) is 0 Å². The molecule has 94 valence electrons. The van der Waals surface area contributed by atoms with Crippen LogP contribution in [0.2, 0.25) is 0 Å². The minimum atomic E-state index is 0.835. The SMILES string of the molecule is CC(C)=CCCC(C)CCSc1ccccc1. The van der Waals surface area contributed by atoms with Gasteiger partial charge >= 0.3 is 0 Å². The van der Waals surface area contributed by atoms with E-state index in [4.69, 9.17) is 0 Å². The van der Waals surface area contributed by atoms with Gasteiger partial charge in [-0.05, 0) is 56.9 Å². The van der Waals surface area contributed by atoms with Crippen molar-refractivity contribution in [2.45, 2.75) is 44.9 Å². The van der Waals surface area contributed by atoms with Gasteiger partial charge < -0.3 is 0 Å². The average molecular weight is 248 g/mol. The van der Waals surface area contributed by atoms with E-state index in [9.17, 15) is 0 Å².